The quantitative estimate of drug-likeness (QED) is 0.833. The van der Waals surface area contributed by atoms with Crippen molar-refractivity contribution < 1.29 is 0 Å². The normalized spacial score (nSPS) is 17.6. The van der Waals surface area contributed by atoms with E-state index in [9.17, 15) is 0 Å². The summed E-state index contributed by atoms with van der Waals surface area (Å²) in [5.74, 6) is 2.03. The highest BCUT2D eigenvalue weighted by atomic mass is 32.2. The van der Waals surface area contributed by atoms with Gasteiger partial charge in [0.25, 0.3) is 0 Å². The summed E-state index contributed by atoms with van der Waals surface area (Å²) in [5.41, 5.74) is 0. The van der Waals surface area contributed by atoms with Crippen LogP contribution < -0.4 is 10.2 Å². The van der Waals surface area contributed by atoms with E-state index in [1.165, 1.54) is 31.7 Å². The van der Waals surface area contributed by atoms with Crippen LogP contribution in [0.15, 0.2) is 4.34 Å². The zero-order valence-corrected chi connectivity index (χ0v) is 11.4. The van der Waals surface area contributed by atoms with Crippen molar-refractivity contribution in [3.05, 3.63) is 0 Å². The average Bonchev–Trinajstić information content (AvgIpc) is 2.76. The van der Waals surface area contributed by atoms with E-state index in [2.05, 4.69) is 15.5 Å². The van der Waals surface area contributed by atoms with Crippen LogP contribution in [0.2, 0.25) is 0 Å². The molecule has 1 saturated heterocycles. The highest BCUT2D eigenvalue weighted by Crippen LogP contribution is 2.29. The molecule has 0 radical (unpaired) electrons. The molecule has 0 aliphatic carbocycles. The van der Waals surface area contributed by atoms with E-state index in [0.29, 0.717) is 0 Å². The predicted molar refractivity (Wildman–Crippen MR) is 70.6 cm³/mol. The number of piperidine rings is 1. The van der Waals surface area contributed by atoms with Crippen molar-refractivity contribution in [1.82, 2.24) is 15.5 Å². The standard InChI is InChI=1S/C10H18N4S2/c1-14(2)9-12-13-10(16-9)15-7-8-3-5-11-6-4-8/h8,11H,3-7H2,1-2H3. The van der Waals surface area contributed by atoms with Crippen LogP contribution >= 0.6 is 23.1 Å². The summed E-state index contributed by atoms with van der Waals surface area (Å²) in [7, 11) is 4.00. The SMILES string of the molecule is CN(C)c1nnc(SCC2CCNCC2)s1. The highest BCUT2D eigenvalue weighted by molar-refractivity contribution is 8.01. The second kappa shape index (κ2) is 5.84. The van der Waals surface area contributed by atoms with Gasteiger partial charge < -0.3 is 10.2 Å². The van der Waals surface area contributed by atoms with E-state index >= 15 is 0 Å². The molecule has 16 heavy (non-hydrogen) atoms. The lowest BCUT2D eigenvalue weighted by atomic mass is 10.0. The molecular formula is C10H18N4S2. The van der Waals surface area contributed by atoms with E-state index < -0.39 is 0 Å². The number of hydrogen-bond acceptors (Lipinski definition) is 6. The molecule has 2 heterocycles. The van der Waals surface area contributed by atoms with Crippen LogP contribution in [0.3, 0.4) is 0 Å². The molecule has 1 N–H and O–H groups in total. The number of nitrogens with zero attached hydrogens (tertiary/aromatic N) is 3. The van der Waals surface area contributed by atoms with Gasteiger partial charge in [-0.15, -0.1) is 10.2 Å². The molecule has 1 aromatic heterocycles. The summed E-state index contributed by atoms with van der Waals surface area (Å²) in [4.78, 5) is 2.01. The molecule has 0 saturated carbocycles. The third kappa shape index (κ3) is 3.33. The average molecular weight is 258 g/mol. The summed E-state index contributed by atoms with van der Waals surface area (Å²) >= 11 is 3.54. The van der Waals surface area contributed by atoms with Gasteiger partial charge in [-0.25, -0.2) is 0 Å². The Hall–Kier alpha value is -0.330. The van der Waals surface area contributed by atoms with Gasteiger partial charge in [0.05, 0.1) is 0 Å². The van der Waals surface area contributed by atoms with Gasteiger partial charge in [-0.3, -0.25) is 0 Å². The number of rotatable bonds is 4. The van der Waals surface area contributed by atoms with Gasteiger partial charge in [0.2, 0.25) is 5.13 Å². The molecule has 0 spiro atoms. The van der Waals surface area contributed by atoms with Crippen molar-refractivity contribution in [3.63, 3.8) is 0 Å². The molecule has 0 aromatic carbocycles. The maximum absolute atomic E-state index is 4.20. The van der Waals surface area contributed by atoms with Crippen LogP contribution in [0.4, 0.5) is 5.13 Å². The monoisotopic (exact) mass is 258 g/mol. The molecule has 6 heteroatoms. The summed E-state index contributed by atoms with van der Waals surface area (Å²) in [6.45, 7) is 2.34. The second-order valence-electron chi connectivity index (χ2n) is 4.25. The summed E-state index contributed by atoms with van der Waals surface area (Å²) in [6.07, 6.45) is 2.60. The van der Waals surface area contributed by atoms with Crippen LogP contribution in [0, 0.1) is 5.92 Å². The second-order valence-corrected chi connectivity index (χ2v) is 6.47. The van der Waals surface area contributed by atoms with E-state index in [-0.39, 0.29) is 0 Å². The molecule has 1 aliphatic heterocycles. The van der Waals surface area contributed by atoms with E-state index in [1.54, 1.807) is 11.3 Å². The number of thioether (sulfide) groups is 1. The largest absolute Gasteiger partial charge is 0.353 e. The molecule has 4 nitrogen and oxygen atoms in total. The third-order valence-electron chi connectivity index (χ3n) is 2.68. The number of nitrogens with one attached hydrogen (secondary N) is 1. The first-order valence-electron chi connectivity index (χ1n) is 5.60. The fraction of sp³-hybridized carbons (Fsp3) is 0.800. The van der Waals surface area contributed by atoms with Crippen LogP contribution in [-0.4, -0.2) is 43.1 Å². The molecular weight excluding hydrogens is 240 g/mol. The minimum absolute atomic E-state index is 0.845. The van der Waals surface area contributed by atoms with Gasteiger partial charge in [0.15, 0.2) is 4.34 Å². The first-order chi connectivity index (χ1) is 7.75. The van der Waals surface area contributed by atoms with E-state index in [4.69, 9.17) is 0 Å². The summed E-state index contributed by atoms with van der Waals surface area (Å²) in [5, 5.41) is 12.7. The smallest absolute Gasteiger partial charge is 0.208 e. The first kappa shape index (κ1) is 12.1. The van der Waals surface area contributed by atoms with Crippen molar-refractivity contribution >= 4 is 28.2 Å². The Kier molecular flexibility index (Phi) is 4.43. The maximum atomic E-state index is 4.20. The van der Waals surface area contributed by atoms with Crippen molar-refractivity contribution in [2.24, 2.45) is 5.92 Å². The van der Waals surface area contributed by atoms with Gasteiger partial charge >= 0.3 is 0 Å². The Balaban J connectivity index is 1.79. The Morgan fingerprint density at radius 3 is 2.75 bits per heavy atom. The van der Waals surface area contributed by atoms with Crippen molar-refractivity contribution in [2.75, 3.05) is 37.8 Å². The minimum Gasteiger partial charge on any atom is -0.353 e. The van der Waals surface area contributed by atoms with Gasteiger partial charge in [0, 0.05) is 19.8 Å². The van der Waals surface area contributed by atoms with Crippen LogP contribution in [0.5, 0.6) is 0 Å². The van der Waals surface area contributed by atoms with Gasteiger partial charge in [-0.2, -0.15) is 0 Å². The Morgan fingerprint density at radius 2 is 2.12 bits per heavy atom. The molecule has 0 unspecified atom stereocenters. The van der Waals surface area contributed by atoms with Crippen LogP contribution in [0.1, 0.15) is 12.8 Å². The van der Waals surface area contributed by atoms with Crippen molar-refractivity contribution in [3.8, 4) is 0 Å². The topological polar surface area (TPSA) is 41.1 Å². The third-order valence-corrected chi connectivity index (χ3v) is 5.14. The summed E-state index contributed by atoms with van der Waals surface area (Å²) < 4.78 is 1.10. The van der Waals surface area contributed by atoms with Gasteiger partial charge in [0.1, 0.15) is 0 Å². The summed E-state index contributed by atoms with van der Waals surface area (Å²) in [6, 6.07) is 0. The number of hydrogen-bond donors (Lipinski definition) is 1. The lowest BCUT2D eigenvalue weighted by Crippen LogP contribution is -2.28. The fourth-order valence-corrected chi connectivity index (χ4v) is 3.65. The maximum Gasteiger partial charge on any atom is 0.208 e. The molecule has 0 bridgehead atoms. The fourth-order valence-electron chi connectivity index (χ4n) is 1.68. The molecule has 0 amide bonds. The highest BCUT2D eigenvalue weighted by Gasteiger charge is 2.14. The zero-order chi connectivity index (χ0) is 11.4. The minimum atomic E-state index is 0.845. The van der Waals surface area contributed by atoms with Gasteiger partial charge in [-0.1, -0.05) is 23.1 Å². The lowest BCUT2D eigenvalue weighted by Gasteiger charge is -2.21. The predicted octanol–water partition coefficient (Wildman–Crippen LogP) is 1.70. The van der Waals surface area contributed by atoms with E-state index in [0.717, 1.165) is 15.4 Å². The Labute approximate surface area is 105 Å². The first-order valence-corrected chi connectivity index (χ1v) is 7.40. The molecule has 1 aromatic rings. The molecule has 1 fully saturated rings. The molecule has 1 aliphatic rings. The number of aromatic nitrogens is 2. The van der Waals surface area contributed by atoms with E-state index in [1.807, 2.05) is 30.8 Å². The van der Waals surface area contributed by atoms with Crippen LogP contribution in [-0.2, 0) is 0 Å². The van der Waals surface area contributed by atoms with Crippen LogP contribution in [0.25, 0.3) is 0 Å². The number of anilines is 1. The van der Waals surface area contributed by atoms with Gasteiger partial charge in [-0.05, 0) is 31.8 Å². The Morgan fingerprint density at radius 1 is 1.38 bits per heavy atom. The lowest BCUT2D eigenvalue weighted by molar-refractivity contribution is 0.408. The molecule has 0 atom stereocenters. The molecule has 90 valence electrons. The zero-order valence-electron chi connectivity index (χ0n) is 9.77. The Bertz CT molecular complexity index is 320. The van der Waals surface area contributed by atoms with Crippen molar-refractivity contribution in [1.29, 1.82) is 0 Å². The molecule has 2 rings (SSSR count). The van der Waals surface area contributed by atoms with Crippen molar-refractivity contribution in [2.45, 2.75) is 17.2 Å².